The number of ether oxygens (including phenoxy) is 1. The molecule has 0 amide bonds. The first-order valence-corrected chi connectivity index (χ1v) is 11.1. The number of hydrogen-bond donors (Lipinski definition) is 0. The molecule has 0 aliphatic heterocycles. The number of carbonyl (C=O) groups excluding carboxylic acids is 2. The lowest BCUT2D eigenvalue weighted by atomic mass is 10.0. The number of aromatic nitrogens is 1. The van der Waals surface area contributed by atoms with Gasteiger partial charge in [0.1, 0.15) is 5.69 Å². The van der Waals surface area contributed by atoms with Crippen molar-refractivity contribution >= 4 is 11.8 Å². The maximum Gasteiger partial charge on any atom is 0.354 e. The summed E-state index contributed by atoms with van der Waals surface area (Å²) in [5.41, 5.74) is 2.34. The van der Waals surface area contributed by atoms with Crippen molar-refractivity contribution in [3.8, 4) is 0 Å². The van der Waals surface area contributed by atoms with Crippen LogP contribution in [0.5, 0.6) is 0 Å². The number of unbranched alkanes of at least 4 members (excludes halogenated alkanes) is 6. The van der Waals surface area contributed by atoms with Crippen molar-refractivity contribution < 1.29 is 14.3 Å². The van der Waals surface area contributed by atoms with Crippen LogP contribution in [0.25, 0.3) is 0 Å². The predicted molar refractivity (Wildman–Crippen MR) is 122 cm³/mol. The molecule has 1 aromatic heterocycles. The van der Waals surface area contributed by atoms with Crippen LogP contribution in [0.1, 0.15) is 84.2 Å². The Labute approximate surface area is 180 Å². The SMILES string of the molecule is C=CCCCCCCCCC(=O)c1cc(C(=O)OC)n(CCCc2ccccc2)c1. The van der Waals surface area contributed by atoms with Crippen LogP contribution in [0.4, 0.5) is 0 Å². The van der Waals surface area contributed by atoms with Gasteiger partial charge in [-0.15, -0.1) is 6.58 Å². The predicted octanol–water partition coefficient (Wildman–Crippen LogP) is 6.40. The quantitative estimate of drug-likeness (QED) is 0.148. The fraction of sp³-hybridized carbons (Fsp3) is 0.462. The molecule has 0 N–H and O–H groups in total. The van der Waals surface area contributed by atoms with Gasteiger partial charge in [0.2, 0.25) is 0 Å². The Balaban J connectivity index is 1.84. The number of allylic oxidation sites excluding steroid dienone is 1. The zero-order chi connectivity index (χ0) is 21.6. The number of hydrogen-bond acceptors (Lipinski definition) is 3. The Morgan fingerprint density at radius 2 is 1.70 bits per heavy atom. The third-order valence-electron chi connectivity index (χ3n) is 5.38. The van der Waals surface area contributed by atoms with Crippen molar-refractivity contribution in [2.75, 3.05) is 7.11 Å². The maximum atomic E-state index is 12.6. The second-order valence-electron chi connectivity index (χ2n) is 7.76. The fourth-order valence-corrected chi connectivity index (χ4v) is 3.65. The van der Waals surface area contributed by atoms with E-state index in [0.29, 0.717) is 24.2 Å². The highest BCUT2D eigenvalue weighted by molar-refractivity contribution is 5.99. The van der Waals surface area contributed by atoms with Gasteiger partial charge in [-0.2, -0.15) is 0 Å². The summed E-state index contributed by atoms with van der Waals surface area (Å²) in [6, 6.07) is 12.0. The van der Waals surface area contributed by atoms with Crippen LogP contribution in [0, 0.1) is 0 Å². The van der Waals surface area contributed by atoms with E-state index in [0.717, 1.165) is 32.1 Å². The number of aryl methyl sites for hydroxylation is 2. The zero-order valence-corrected chi connectivity index (χ0v) is 18.3. The van der Waals surface area contributed by atoms with Crippen LogP contribution in [0.3, 0.4) is 0 Å². The van der Waals surface area contributed by atoms with E-state index in [9.17, 15) is 9.59 Å². The Morgan fingerprint density at radius 1 is 1.00 bits per heavy atom. The molecule has 0 radical (unpaired) electrons. The number of methoxy groups -OCH3 is 1. The molecule has 4 nitrogen and oxygen atoms in total. The van der Waals surface area contributed by atoms with E-state index in [1.807, 2.05) is 35.0 Å². The minimum Gasteiger partial charge on any atom is -0.464 e. The molecule has 0 saturated heterocycles. The van der Waals surface area contributed by atoms with Gasteiger partial charge in [0.15, 0.2) is 5.78 Å². The van der Waals surface area contributed by atoms with E-state index in [2.05, 4.69) is 18.7 Å². The average molecular weight is 410 g/mol. The highest BCUT2D eigenvalue weighted by Gasteiger charge is 2.17. The number of benzene rings is 1. The molecule has 0 spiro atoms. The monoisotopic (exact) mass is 409 g/mol. The second kappa shape index (κ2) is 13.6. The molecule has 1 aromatic carbocycles. The lowest BCUT2D eigenvalue weighted by Gasteiger charge is -2.07. The molecule has 0 fully saturated rings. The van der Waals surface area contributed by atoms with Crippen LogP contribution in [0.15, 0.2) is 55.3 Å². The number of Topliss-reactive ketones (excluding diaryl/α,β-unsaturated/α-hetero) is 1. The first-order chi connectivity index (χ1) is 14.7. The van der Waals surface area contributed by atoms with E-state index in [-0.39, 0.29) is 5.78 Å². The third kappa shape index (κ3) is 8.02. The Hall–Kier alpha value is -2.62. The van der Waals surface area contributed by atoms with Crippen molar-refractivity contribution in [2.24, 2.45) is 0 Å². The number of ketones is 1. The molecule has 1 heterocycles. The van der Waals surface area contributed by atoms with Gasteiger partial charge >= 0.3 is 5.97 Å². The largest absolute Gasteiger partial charge is 0.464 e. The van der Waals surface area contributed by atoms with Gasteiger partial charge in [0.25, 0.3) is 0 Å². The highest BCUT2D eigenvalue weighted by Crippen LogP contribution is 2.16. The summed E-state index contributed by atoms with van der Waals surface area (Å²) in [5, 5.41) is 0. The molecule has 0 unspecified atom stereocenters. The van der Waals surface area contributed by atoms with Crippen LogP contribution in [0.2, 0.25) is 0 Å². The maximum absolute atomic E-state index is 12.6. The van der Waals surface area contributed by atoms with Crippen LogP contribution < -0.4 is 0 Å². The number of carbonyl (C=O) groups is 2. The van der Waals surface area contributed by atoms with Crippen molar-refractivity contribution in [2.45, 2.75) is 70.8 Å². The smallest absolute Gasteiger partial charge is 0.354 e. The Morgan fingerprint density at radius 3 is 2.40 bits per heavy atom. The van der Waals surface area contributed by atoms with Gasteiger partial charge in [-0.05, 0) is 43.7 Å². The van der Waals surface area contributed by atoms with Gasteiger partial charge in [-0.25, -0.2) is 4.79 Å². The summed E-state index contributed by atoms with van der Waals surface area (Å²) in [4.78, 5) is 24.8. The molecule has 0 saturated carbocycles. The van der Waals surface area contributed by atoms with E-state index in [1.165, 1.54) is 38.4 Å². The lowest BCUT2D eigenvalue weighted by Crippen LogP contribution is -2.10. The summed E-state index contributed by atoms with van der Waals surface area (Å²) >= 11 is 0. The standard InChI is InChI=1S/C26H35NO3/c1-3-4-5-6-7-8-9-13-18-25(28)23-20-24(26(29)30-2)27(21-23)19-14-17-22-15-11-10-12-16-22/h3,10-12,15-16,20-21H,1,4-9,13-14,17-19H2,2H3. The van der Waals surface area contributed by atoms with Gasteiger partial charge in [0.05, 0.1) is 7.11 Å². The van der Waals surface area contributed by atoms with E-state index < -0.39 is 5.97 Å². The molecule has 0 aliphatic carbocycles. The normalized spacial score (nSPS) is 10.7. The topological polar surface area (TPSA) is 48.3 Å². The number of nitrogens with zero attached hydrogens (tertiary/aromatic N) is 1. The number of rotatable bonds is 15. The first kappa shape index (κ1) is 23.7. The Kier molecular flexibility index (Phi) is 10.7. The lowest BCUT2D eigenvalue weighted by molar-refractivity contribution is 0.0588. The minimum absolute atomic E-state index is 0.105. The minimum atomic E-state index is -0.395. The zero-order valence-electron chi connectivity index (χ0n) is 18.3. The summed E-state index contributed by atoms with van der Waals surface area (Å²) < 4.78 is 6.77. The van der Waals surface area contributed by atoms with Crippen molar-refractivity contribution in [3.05, 3.63) is 72.1 Å². The van der Waals surface area contributed by atoms with Gasteiger partial charge in [-0.1, -0.05) is 62.1 Å². The third-order valence-corrected chi connectivity index (χ3v) is 5.38. The highest BCUT2D eigenvalue weighted by atomic mass is 16.5. The molecular weight excluding hydrogens is 374 g/mol. The van der Waals surface area contributed by atoms with E-state index in [1.54, 1.807) is 6.07 Å². The number of esters is 1. The second-order valence-corrected chi connectivity index (χ2v) is 7.76. The molecule has 162 valence electrons. The van der Waals surface area contributed by atoms with Crippen LogP contribution in [-0.4, -0.2) is 23.4 Å². The molecule has 0 aliphatic rings. The Bertz CT molecular complexity index is 792. The molecule has 0 atom stereocenters. The van der Waals surface area contributed by atoms with Crippen molar-refractivity contribution in [1.82, 2.24) is 4.57 Å². The van der Waals surface area contributed by atoms with E-state index in [4.69, 9.17) is 4.74 Å². The summed E-state index contributed by atoms with van der Waals surface area (Å²) in [6.45, 7) is 4.42. The van der Waals surface area contributed by atoms with Gasteiger partial charge in [-0.3, -0.25) is 4.79 Å². The summed E-state index contributed by atoms with van der Waals surface area (Å²) in [6.07, 6.45) is 14.0. The van der Waals surface area contributed by atoms with Crippen molar-refractivity contribution in [3.63, 3.8) is 0 Å². The first-order valence-electron chi connectivity index (χ1n) is 11.1. The molecule has 2 aromatic rings. The average Bonchev–Trinajstić information content (AvgIpc) is 3.20. The van der Waals surface area contributed by atoms with Crippen LogP contribution >= 0.6 is 0 Å². The van der Waals surface area contributed by atoms with E-state index >= 15 is 0 Å². The van der Waals surface area contributed by atoms with Crippen LogP contribution in [-0.2, 0) is 17.7 Å². The molecule has 30 heavy (non-hydrogen) atoms. The fourth-order valence-electron chi connectivity index (χ4n) is 3.65. The molecule has 4 heteroatoms. The van der Waals surface area contributed by atoms with Gasteiger partial charge in [0, 0.05) is 24.7 Å². The van der Waals surface area contributed by atoms with Gasteiger partial charge < -0.3 is 9.30 Å². The summed E-state index contributed by atoms with van der Waals surface area (Å²) in [7, 11) is 1.38. The molecular formula is C26H35NO3. The van der Waals surface area contributed by atoms with Crippen molar-refractivity contribution in [1.29, 1.82) is 0 Å². The summed E-state index contributed by atoms with van der Waals surface area (Å²) in [5.74, 6) is -0.290. The molecule has 0 bridgehead atoms. The molecule has 2 rings (SSSR count).